The van der Waals surface area contributed by atoms with Crippen molar-refractivity contribution in [1.29, 1.82) is 0 Å². The van der Waals surface area contributed by atoms with E-state index in [-0.39, 0.29) is 12.5 Å². The van der Waals surface area contributed by atoms with E-state index in [1.165, 1.54) is 5.48 Å². The number of hydroxylamine groups is 1. The second-order valence-electron chi connectivity index (χ2n) is 4.99. The fourth-order valence-corrected chi connectivity index (χ4v) is 1.85. The zero-order valence-corrected chi connectivity index (χ0v) is 12.8. The van der Waals surface area contributed by atoms with Crippen molar-refractivity contribution in [2.75, 3.05) is 6.54 Å². The highest BCUT2D eigenvalue weighted by molar-refractivity contribution is 5.94. The molecule has 5 N–H and O–H groups in total. The Morgan fingerprint density at radius 3 is 2.17 bits per heavy atom. The summed E-state index contributed by atoms with van der Waals surface area (Å²) in [6.45, 7) is -0.0825. The van der Waals surface area contributed by atoms with E-state index in [0.717, 1.165) is 11.1 Å². The van der Waals surface area contributed by atoms with Crippen LogP contribution in [0.1, 0.15) is 21.5 Å². The molecule has 2 amide bonds. The van der Waals surface area contributed by atoms with Crippen LogP contribution < -0.4 is 16.5 Å². The van der Waals surface area contributed by atoms with Gasteiger partial charge in [-0.25, -0.2) is 5.48 Å². The Bertz CT molecular complexity index is 762. The maximum atomic E-state index is 12.0. The van der Waals surface area contributed by atoms with E-state index in [0.29, 0.717) is 5.56 Å². The van der Waals surface area contributed by atoms with Crippen LogP contribution in [0.15, 0.2) is 54.6 Å². The van der Waals surface area contributed by atoms with Crippen molar-refractivity contribution in [3.63, 3.8) is 0 Å². The molecule has 0 aliphatic carbocycles. The van der Waals surface area contributed by atoms with E-state index in [9.17, 15) is 9.59 Å². The lowest BCUT2D eigenvalue weighted by Gasteiger charge is -2.10. The van der Waals surface area contributed by atoms with Gasteiger partial charge >= 0.3 is 0 Å². The maximum Gasteiger partial charge on any atom is 0.262 e. The van der Waals surface area contributed by atoms with Crippen molar-refractivity contribution in [2.45, 2.75) is 6.04 Å². The number of carbonyl (C=O) groups is 2. The third kappa shape index (κ3) is 4.95. The molecule has 0 aliphatic heterocycles. The van der Waals surface area contributed by atoms with Gasteiger partial charge in [0.15, 0.2) is 0 Å². The van der Waals surface area contributed by atoms with E-state index in [1.54, 1.807) is 24.3 Å². The molecule has 0 aromatic heterocycles. The summed E-state index contributed by atoms with van der Waals surface area (Å²) in [4.78, 5) is 23.0. The molecule has 2 aromatic carbocycles. The minimum Gasteiger partial charge on any atom is -0.350 e. The third-order valence-corrected chi connectivity index (χ3v) is 3.20. The molecule has 2 rings (SSSR count). The molecule has 122 valence electrons. The van der Waals surface area contributed by atoms with Crippen LogP contribution in [0.5, 0.6) is 0 Å². The molecule has 0 fully saturated rings. The molecule has 0 aliphatic rings. The minimum absolute atomic E-state index is 0.0825. The molecule has 0 saturated heterocycles. The molecular weight excluding hydrogens is 306 g/mol. The van der Waals surface area contributed by atoms with Gasteiger partial charge in [0.1, 0.15) is 6.04 Å². The van der Waals surface area contributed by atoms with Crippen LogP contribution in [0, 0.1) is 11.8 Å². The Balaban J connectivity index is 1.95. The molecule has 2 aromatic rings. The highest BCUT2D eigenvalue weighted by Crippen LogP contribution is 2.04. The zero-order chi connectivity index (χ0) is 17.4. The monoisotopic (exact) mass is 323 g/mol. The first-order valence-corrected chi connectivity index (χ1v) is 7.25. The fraction of sp³-hybridized carbons (Fsp3) is 0.111. The highest BCUT2D eigenvalue weighted by atomic mass is 16.5. The first kappa shape index (κ1) is 17.2. The SMILES string of the molecule is NC(CNC(=O)c1ccc(C#Cc2ccccc2)cc1)C(=O)NO. The van der Waals surface area contributed by atoms with E-state index in [4.69, 9.17) is 10.9 Å². The smallest absolute Gasteiger partial charge is 0.262 e. The van der Waals surface area contributed by atoms with Gasteiger partial charge in [-0.3, -0.25) is 14.8 Å². The lowest BCUT2D eigenvalue weighted by Crippen LogP contribution is -2.47. The van der Waals surface area contributed by atoms with Crippen LogP contribution in [0.4, 0.5) is 0 Å². The molecule has 1 unspecified atom stereocenters. The van der Waals surface area contributed by atoms with Gasteiger partial charge in [-0.1, -0.05) is 30.0 Å². The number of benzene rings is 2. The zero-order valence-electron chi connectivity index (χ0n) is 12.8. The van der Waals surface area contributed by atoms with Crippen LogP contribution >= 0.6 is 0 Å². The van der Waals surface area contributed by atoms with E-state index >= 15 is 0 Å². The Morgan fingerprint density at radius 1 is 1.00 bits per heavy atom. The van der Waals surface area contributed by atoms with Crippen molar-refractivity contribution in [3.05, 3.63) is 71.3 Å². The van der Waals surface area contributed by atoms with Gasteiger partial charge < -0.3 is 11.1 Å². The molecule has 1 atom stereocenters. The minimum atomic E-state index is -1.02. The van der Waals surface area contributed by atoms with Crippen molar-refractivity contribution < 1.29 is 14.8 Å². The molecule has 0 heterocycles. The lowest BCUT2D eigenvalue weighted by molar-refractivity contribution is -0.130. The van der Waals surface area contributed by atoms with Crippen molar-refractivity contribution in [3.8, 4) is 11.8 Å². The molecule has 6 nitrogen and oxygen atoms in total. The number of rotatable bonds is 4. The quantitative estimate of drug-likeness (QED) is 0.377. The number of carbonyl (C=O) groups excluding carboxylic acids is 2. The summed E-state index contributed by atoms with van der Waals surface area (Å²) in [7, 11) is 0. The Morgan fingerprint density at radius 2 is 1.58 bits per heavy atom. The van der Waals surface area contributed by atoms with Gasteiger partial charge in [0.25, 0.3) is 11.8 Å². The van der Waals surface area contributed by atoms with Crippen LogP contribution in [0.3, 0.4) is 0 Å². The van der Waals surface area contributed by atoms with Crippen molar-refractivity contribution in [1.82, 2.24) is 10.8 Å². The highest BCUT2D eigenvalue weighted by Gasteiger charge is 2.14. The summed E-state index contributed by atoms with van der Waals surface area (Å²) in [5.74, 6) is 4.93. The first-order chi connectivity index (χ1) is 11.6. The largest absolute Gasteiger partial charge is 0.350 e. The van der Waals surface area contributed by atoms with Gasteiger partial charge in [-0.2, -0.15) is 0 Å². The van der Waals surface area contributed by atoms with Crippen LogP contribution in [-0.2, 0) is 4.79 Å². The number of amides is 2. The van der Waals surface area contributed by atoms with E-state index in [1.807, 2.05) is 30.3 Å². The number of nitrogens with one attached hydrogen (secondary N) is 2. The summed E-state index contributed by atoms with van der Waals surface area (Å²) in [5.41, 5.74) is 9.02. The standard InChI is InChI=1S/C18H17N3O3/c19-16(18(23)21-24)12-20-17(22)15-10-8-14(9-11-15)7-6-13-4-2-1-3-5-13/h1-5,8-11,16,24H,12,19H2,(H,20,22)(H,21,23). The predicted octanol–water partition coefficient (Wildman–Crippen LogP) is 0.649. The molecule has 0 radical (unpaired) electrons. The Labute approximate surface area is 139 Å². The first-order valence-electron chi connectivity index (χ1n) is 7.25. The van der Waals surface area contributed by atoms with E-state index in [2.05, 4.69) is 17.2 Å². The molecule has 24 heavy (non-hydrogen) atoms. The van der Waals surface area contributed by atoms with Gasteiger partial charge in [0.2, 0.25) is 0 Å². The predicted molar refractivity (Wildman–Crippen MR) is 89.1 cm³/mol. The second kappa shape index (κ2) is 8.48. The van der Waals surface area contributed by atoms with Gasteiger partial charge in [0.05, 0.1) is 0 Å². The average molecular weight is 323 g/mol. The summed E-state index contributed by atoms with van der Waals surface area (Å²) >= 11 is 0. The summed E-state index contributed by atoms with van der Waals surface area (Å²) in [6.07, 6.45) is 0. The molecular formula is C18H17N3O3. The average Bonchev–Trinajstić information content (AvgIpc) is 2.64. The van der Waals surface area contributed by atoms with Crippen LogP contribution in [-0.4, -0.2) is 29.6 Å². The van der Waals surface area contributed by atoms with Crippen LogP contribution in [0.25, 0.3) is 0 Å². The third-order valence-electron chi connectivity index (χ3n) is 3.20. The summed E-state index contributed by atoms with van der Waals surface area (Å²) in [5, 5.41) is 11.0. The fourth-order valence-electron chi connectivity index (χ4n) is 1.85. The molecule has 0 saturated carbocycles. The molecule has 0 bridgehead atoms. The van der Waals surface area contributed by atoms with Crippen molar-refractivity contribution in [2.24, 2.45) is 5.73 Å². The lowest BCUT2D eigenvalue weighted by atomic mass is 10.1. The topological polar surface area (TPSA) is 104 Å². The summed E-state index contributed by atoms with van der Waals surface area (Å²) < 4.78 is 0. The van der Waals surface area contributed by atoms with E-state index < -0.39 is 11.9 Å². The Hall–Kier alpha value is -3.14. The maximum absolute atomic E-state index is 12.0. The Kier molecular flexibility index (Phi) is 6.08. The van der Waals surface area contributed by atoms with Gasteiger partial charge in [-0.05, 0) is 36.4 Å². The van der Waals surface area contributed by atoms with Crippen LogP contribution in [0.2, 0.25) is 0 Å². The number of nitrogens with two attached hydrogens (primary N) is 1. The number of hydrogen-bond acceptors (Lipinski definition) is 4. The van der Waals surface area contributed by atoms with Gasteiger partial charge in [-0.15, -0.1) is 0 Å². The van der Waals surface area contributed by atoms with Crippen molar-refractivity contribution >= 4 is 11.8 Å². The molecule has 0 spiro atoms. The summed E-state index contributed by atoms with van der Waals surface area (Å²) in [6, 6.07) is 15.3. The number of hydrogen-bond donors (Lipinski definition) is 4. The normalized spacial score (nSPS) is 10.9. The van der Waals surface area contributed by atoms with Gasteiger partial charge in [0, 0.05) is 23.2 Å². The molecule has 6 heteroatoms. The second-order valence-corrected chi connectivity index (χ2v) is 4.99.